The van der Waals surface area contributed by atoms with Gasteiger partial charge in [-0.1, -0.05) is 72.1 Å². The lowest BCUT2D eigenvalue weighted by Gasteiger charge is -2.61. The van der Waals surface area contributed by atoms with Crippen molar-refractivity contribution in [2.24, 2.45) is 58.2 Å². The molecule has 1 unspecified atom stereocenters. The first-order chi connectivity index (χ1) is 38.9. The first kappa shape index (κ1) is 60.8. The van der Waals surface area contributed by atoms with Crippen LogP contribution >= 0.6 is 0 Å². The molecule has 4 fully saturated rings. The lowest BCUT2D eigenvalue weighted by atomic mass is 9.44. The van der Waals surface area contributed by atoms with Crippen LogP contribution < -0.4 is 18.9 Å². The molecule has 4 saturated carbocycles. The second-order valence-electron chi connectivity index (χ2n) is 24.8. The Morgan fingerprint density at radius 2 is 1.06 bits per heavy atom. The minimum absolute atomic E-state index is 0.213. The van der Waals surface area contributed by atoms with E-state index in [9.17, 15) is 19.2 Å². The fourth-order valence-electron chi connectivity index (χ4n) is 16.2. The first-order valence-corrected chi connectivity index (χ1v) is 29.7. The highest BCUT2D eigenvalue weighted by Gasteiger charge is 2.60. The summed E-state index contributed by atoms with van der Waals surface area (Å²) >= 11 is 0. The number of methoxy groups -OCH3 is 8. The van der Waals surface area contributed by atoms with Gasteiger partial charge in [0.15, 0.2) is 0 Å². The number of fused-ring (bicyclic) bond motifs is 5. The molecule has 0 spiro atoms. The van der Waals surface area contributed by atoms with Gasteiger partial charge in [0.1, 0.15) is 45.3 Å². The van der Waals surface area contributed by atoms with Crippen LogP contribution in [0.3, 0.4) is 0 Å². The molecule has 438 valence electrons. The Balaban J connectivity index is 1.16. The molecule has 12 heteroatoms. The molecule has 81 heavy (non-hydrogen) atoms. The van der Waals surface area contributed by atoms with Crippen LogP contribution in [0.2, 0.25) is 0 Å². The number of ether oxygens (including phenoxy) is 8. The van der Waals surface area contributed by atoms with Crippen molar-refractivity contribution in [3.8, 4) is 23.0 Å². The standard InChI is InChI=1S/C69H90O12/c1-41(2)16-14-17-42(3)57-24-25-58-52-23-22-50-34-43(28-30-68(50,4)59(52)29-31-69(57,58)5)18-15-19-51(46-37-48(62(76-8)55(39-46)66(72)80-12)32-44-20-26-60(74-6)53(35-44)64(70)78-10)47-38-49(63(77-9)56(40-47)67(73)81-13)33-45-21-27-61(75-7)54(36-45)65(71)79-11/h19-21,26-27,35-43,50,52,57-59H,14-18,22-25,28-34H2,1-13H3/t42-,43+,50?,52+,57-,58+,59+,68+,69-/m1/s1. The topological polar surface area (TPSA) is 142 Å². The van der Waals surface area contributed by atoms with E-state index in [1.54, 1.807) is 36.4 Å². The third kappa shape index (κ3) is 12.6. The first-order valence-electron chi connectivity index (χ1n) is 29.7. The van der Waals surface area contributed by atoms with Gasteiger partial charge in [-0.2, -0.15) is 0 Å². The molecule has 9 atom stereocenters. The van der Waals surface area contributed by atoms with Gasteiger partial charge in [0.2, 0.25) is 0 Å². The van der Waals surface area contributed by atoms with Crippen LogP contribution in [0.25, 0.3) is 5.57 Å². The molecule has 0 bridgehead atoms. The maximum Gasteiger partial charge on any atom is 0.341 e. The molecule has 4 aromatic carbocycles. The summed E-state index contributed by atoms with van der Waals surface area (Å²) in [6.07, 6.45) is 20.5. The number of allylic oxidation sites excluding steroid dienone is 1. The molecule has 12 nitrogen and oxygen atoms in total. The second-order valence-corrected chi connectivity index (χ2v) is 24.8. The SMILES string of the molecule is COC(=O)c1cc(Cc2cc(C(=CCC[C@H]3CC[C@@]4(C)C(CC[C@H]5[C@@H]6CC[C@H]([C@H](C)CCCC(C)C)[C@@]6(C)CC[C@@H]54)C3)c3cc(Cc4ccc(OC)c(C(=O)OC)c4)c(OC)c(C(=O)OC)c3)cc(C(=O)OC)c2OC)ccc1OC. The second kappa shape index (κ2) is 26.3. The van der Waals surface area contributed by atoms with Crippen molar-refractivity contribution in [3.63, 3.8) is 0 Å². The third-order valence-corrected chi connectivity index (χ3v) is 20.2. The Morgan fingerprint density at radius 3 is 1.56 bits per heavy atom. The minimum Gasteiger partial charge on any atom is -0.496 e. The van der Waals surface area contributed by atoms with Crippen LogP contribution in [0.4, 0.5) is 0 Å². The van der Waals surface area contributed by atoms with Crippen LogP contribution in [-0.2, 0) is 31.8 Å². The van der Waals surface area contributed by atoms with E-state index in [4.69, 9.17) is 37.9 Å². The Kier molecular flexibility index (Phi) is 19.7. The van der Waals surface area contributed by atoms with E-state index in [0.29, 0.717) is 67.9 Å². The van der Waals surface area contributed by atoms with Crippen molar-refractivity contribution >= 4 is 29.5 Å². The van der Waals surface area contributed by atoms with Gasteiger partial charge in [0.05, 0.1) is 56.9 Å². The zero-order chi connectivity index (χ0) is 58.3. The monoisotopic (exact) mass is 1110 g/mol. The average molecular weight is 1110 g/mol. The molecule has 0 saturated heterocycles. The largest absolute Gasteiger partial charge is 0.496 e. The zero-order valence-corrected chi connectivity index (χ0v) is 50.7. The number of rotatable bonds is 22. The molecule has 4 aliphatic carbocycles. The van der Waals surface area contributed by atoms with Gasteiger partial charge in [-0.05, 0) is 216 Å². The van der Waals surface area contributed by atoms with Gasteiger partial charge < -0.3 is 37.9 Å². The molecule has 0 amide bonds. The lowest BCUT2D eigenvalue weighted by molar-refractivity contribution is -0.121. The minimum atomic E-state index is -0.590. The van der Waals surface area contributed by atoms with E-state index in [2.05, 4.69) is 40.7 Å². The van der Waals surface area contributed by atoms with Crippen molar-refractivity contribution in [2.75, 3.05) is 56.9 Å². The summed E-state index contributed by atoms with van der Waals surface area (Å²) in [7, 11) is 11.4. The smallest absolute Gasteiger partial charge is 0.341 e. The highest BCUT2D eigenvalue weighted by molar-refractivity contribution is 5.98. The summed E-state index contributed by atoms with van der Waals surface area (Å²) < 4.78 is 44.2. The van der Waals surface area contributed by atoms with Crippen molar-refractivity contribution in [3.05, 3.63) is 122 Å². The fraction of sp³-hybridized carbons (Fsp3) is 0.565. The van der Waals surface area contributed by atoms with Crippen LogP contribution in [0.15, 0.2) is 66.7 Å². The molecule has 0 aliphatic heterocycles. The van der Waals surface area contributed by atoms with E-state index < -0.39 is 23.9 Å². The van der Waals surface area contributed by atoms with Crippen molar-refractivity contribution < 1.29 is 57.1 Å². The van der Waals surface area contributed by atoms with E-state index in [1.807, 2.05) is 24.3 Å². The summed E-state index contributed by atoms with van der Waals surface area (Å²) in [6, 6.07) is 18.2. The summed E-state index contributed by atoms with van der Waals surface area (Å²) in [5.74, 6) is 5.29. The molecule has 0 radical (unpaired) electrons. The van der Waals surface area contributed by atoms with Gasteiger partial charge in [0, 0.05) is 12.8 Å². The molecule has 8 rings (SSSR count). The Hall–Kier alpha value is -6.30. The summed E-state index contributed by atoms with van der Waals surface area (Å²) in [4.78, 5) is 53.8. The molecule has 4 aromatic rings. The lowest BCUT2D eigenvalue weighted by Crippen LogP contribution is -2.53. The Bertz CT molecular complexity index is 2810. The van der Waals surface area contributed by atoms with Crippen LogP contribution in [0.1, 0.15) is 199 Å². The third-order valence-electron chi connectivity index (χ3n) is 20.2. The molecular formula is C69H90O12. The van der Waals surface area contributed by atoms with E-state index in [1.165, 1.54) is 134 Å². The molecule has 0 heterocycles. The number of esters is 4. The normalized spacial score (nSPS) is 24.1. The predicted molar refractivity (Wildman–Crippen MR) is 316 cm³/mol. The summed E-state index contributed by atoms with van der Waals surface area (Å²) in [5.41, 5.74) is 6.75. The van der Waals surface area contributed by atoms with E-state index >= 15 is 0 Å². The van der Waals surface area contributed by atoms with Gasteiger partial charge in [-0.25, -0.2) is 19.2 Å². The number of benzene rings is 4. The number of hydrogen-bond acceptors (Lipinski definition) is 12. The predicted octanol–water partition coefficient (Wildman–Crippen LogP) is 15.0. The summed E-state index contributed by atoms with van der Waals surface area (Å²) in [6.45, 7) is 12.7. The van der Waals surface area contributed by atoms with Gasteiger partial charge in [-0.3, -0.25) is 0 Å². The Morgan fingerprint density at radius 1 is 0.556 bits per heavy atom. The van der Waals surface area contributed by atoms with Crippen LogP contribution in [0, 0.1) is 58.2 Å². The van der Waals surface area contributed by atoms with Crippen LogP contribution in [-0.4, -0.2) is 80.8 Å². The highest BCUT2D eigenvalue weighted by atomic mass is 16.5. The fourth-order valence-corrected chi connectivity index (χ4v) is 16.2. The zero-order valence-electron chi connectivity index (χ0n) is 50.7. The number of carbonyl (C=O) groups excluding carboxylic acids is 4. The quantitative estimate of drug-likeness (QED) is 0.0546. The van der Waals surface area contributed by atoms with Crippen molar-refractivity contribution in [2.45, 2.75) is 137 Å². The molecular weight excluding hydrogens is 1020 g/mol. The maximum absolute atomic E-state index is 13.9. The maximum atomic E-state index is 13.9. The van der Waals surface area contributed by atoms with E-state index in [0.717, 1.165) is 65.0 Å². The molecule has 0 N–H and O–H groups in total. The molecule has 0 aromatic heterocycles. The summed E-state index contributed by atoms with van der Waals surface area (Å²) in [5, 5.41) is 0. The average Bonchev–Trinajstić information content (AvgIpc) is 4.12. The van der Waals surface area contributed by atoms with Crippen LogP contribution in [0.5, 0.6) is 23.0 Å². The number of carbonyl (C=O) groups is 4. The van der Waals surface area contributed by atoms with Crippen molar-refractivity contribution in [1.82, 2.24) is 0 Å². The Labute approximate surface area is 482 Å². The van der Waals surface area contributed by atoms with Crippen molar-refractivity contribution in [1.29, 1.82) is 0 Å². The molecule has 4 aliphatic rings. The highest BCUT2D eigenvalue weighted by Crippen LogP contribution is 2.69. The van der Waals surface area contributed by atoms with Gasteiger partial charge >= 0.3 is 23.9 Å². The number of hydrogen-bond donors (Lipinski definition) is 0. The van der Waals surface area contributed by atoms with E-state index in [-0.39, 0.29) is 35.1 Å². The van der Waals surface area contributed by atoms with Gasteiger partial charge in [-0.15, -0.1) is 0 Å². The van der Waals surface area contributed by atoms with Gasteiger partial charge in [0.25, 0.3) is 0 Å².